The SMILES string of the molecule is Cc1nc2sc(C(=O)N(C)C)c(Br)c2c(C)c1Cl. The Morgan fingerprint density at radius 1 is 1.39 bits per heavy atom. The van der Waals surface area contributed by atoms with Crippen LogP contribution in [0.3, 0.4) is 0 Å². The molecule has 2 aromatic heterocycles. The van der Waals surface area contributed by atoms with Gasteiger partial charge in [-0.25, -0.2) is 4.98 Å². The molecule has 0 N–H and O–H groups in total. The van der Waals surface area contributed by atoms with Gasteiger partial charge < -0.3 is 4.90 Å². The van der Waals surface area contributed by atoms with Crippen LogP contribution < -0.4 is 0 Å². The summed E-state index contributed by atoms with van der Waals surface area (Å²) in [6, 6.07) is 0. The van der Waals surface area contributed by atoms with Crippen molar-refractivity contribution in [2.45, 2.75) is 13.8 Å². The Balaban J connectivity index is 2.79. The molecule has 3 nitrogen and oxygen atoms in total. The van der Waals surface area contributed by atoms with Crippen molar-refractivity contribution in [3.63, 3.8) is 0 Å². The van der Waals surface area contributed by atoms with Crippen LogP contribution in [0.5, 0.6) is 0 Å². The maximum atomic E-state index is 12.1. The number of thiophene rings is 1. The molecule has 0 aromatic carbocycles. The zero-order valence-electron chi connectivity index (χ0n) is 10.5. The first-order valence-corrected chi connectivity index (χ1v) is 7.29. The molecule has 0 fully saturated rings. The van der Waals surface area contributed by atoms with Gasteiger partial charge in [0.15, 0.2) is 0 Å². The molecular weight excluding hydrogens is 336 g/mol. The van der Waals surface area contributed by atoms with Gasteiger partial charge >= 0.3 is 0 Å². The van der Waals surface area contributed by atoms with Crippen molar-refractivity contribution < 1.29 is 4.79 Å². The van der Waals surface area contributed by atoms with E-state index in [0.29, 0.717) is 9.90 Å². The predicted octanol–water partition coefficient (Wildman–Crippen LogP) is 4.03. The molecular formula is C12H12BrClN2OS. The summed E-state index contributed by atoms with van der Waals surface area (Å²) in [6.45, 7) is 3.82. The van der Waals surface area contributed by atoms with Gasteiger partial charge in [-0.15, -0.1) is 11.3 Å². The van der Waals surface area contributed by atoms with Crippen LogP contribution in [-0.2, 0) is 0 Å². The van der Waals surface area contributed by atoms with Gasteiger partial charge in [-0.1, -0.05) is 11.6 Å². The zero-order valence-corrected chi connectivity index (χ0v) is 13.6. The molecule has 2 aromatic rings. The number of fused-ring (bicyclic) bond motifs is 1. The number of hydrogen-bond acceptors (Lipinski definition) is 3. The molecule has 2 rings (SSSR count). The van der Waals surface area contributed by atoms with Crippen LogP contribution in [0.4, 0.5) is 0 Å². The third-order valence-electron chi connectivity index (χ3n) is 2.72. The van der Waals surface area contributed by atoms with Crippen molar-refractivity contribution in [2.75, 3.05) is 14.1 Å². The minimum absolute atomic E-state index is 0.0296. The summed E-state index contributed by atoms with van der Waals surface area (Å²) in [7, 11) is 3.47. The van der Waals surface area contributed by atoms with E-state index in [1.807, 2.05) is 13.8 Å². The number of halogens is 2. The Labute approximate surface area is 123 Å². The first-order valence-electron chi connectivity index (χ1n) is 5.31. The van der Waals surface area contributed by atoms with Crippen LogP contribution in [-0.4, -0.2) is 29.9 Å². The number of amides is 1. The van der Waals surface area contributed by atoms with E-state index >= 15 is 0 Å². The van der Waals surface area contributed by atoms with Crippen molar-refractivity contribution in [1.82, 2.24) is 9.88 Å². The second-order valence-electron chi connectivity index (χ2n) is 4.26. The van der Waals surface area contributed by atoms with Crippen LogP contribution >= 0.6 is 38.9 Å². The molecule has 0 aliphatic heterocycles. The molecule has 0 saturated heterocycles. The number of aryl methyl sites for hydroxylation is 2. The molecule has 0 aliphatic rings. The van der Waals surface area contributed by atoms with Gasteiger partial charge in [-0.05, 0) is 35.3 Å². The molecule has 0 radical (unpaired) electrons. The van der Waals surface area contributed by atoms with Gasteiger partial charge in [0.25, 0.3) is 5.91 Å². The van der Waals surface area contributed by atoms with Gasteiger partial charge in [0.2, 0.25) is 0 Å². The lowest BCUT2D eigenvalue weighted by Gasteiger charge is -2.08. The highest BCUT2D eigenvalue weighted by molar-refractivity contribution is 9.10. The highest BCUT2D eigenvalue weighted by atomic mass is 79.9. The predicted molar refractivity (Wildman–Crippen MR) is 79.8 cm³/mol. The van der Waals surface area contributed by atoms with Crippen LogP contribution in [0.2, 0.25) is 5.02 Å². The number of carbonyl (C=O) groups excluding carboxylic acids is 1. The summed E-state index contributed by atoms with van der Waals surface area (Å²) in [5.74, 6) is -0.0296. The average Bonchev–Trinajstić information content (AvgIpc) is 2.62. The van der Waals surface area contributed by atoms with Gasteiger partial charge in [-0.3, -0.25) is 4.79 Å². The van der Waals surface area contributed by atoms with E-state index in [1.165, 1.54) is 11.3 Å². The normalized spacial score (nSPS) is 11.0. The fourth-order valence-corrected chi connectivity index (χ4v) is 4.09. The van der Waals surface area contributed by atoms with E-state index in [4.69, 9.17) is 11.6 Å². The van der Waals surface area contributed by atoms with Gasteiger partial charge in [0.05, 0.1) is 15.2 Å². The van der Waals surface area contributed by atoms with Crippen molar-refractivity contribution in [2.24, 2.45) is 0 Å². The van der Waals surface area contributed by atoms with E-state index < -0.39 is 0 Å². The second-order valence-corrected chi connectivity index (χ2v) is 6.43. The topological polar surface area (TPSA) is 33.2 Å². The molecule has 0 unspecified atom stereocenters. The van der Waals surface area contributed by atoms with Crippen molar-refractivity contribution in [1.29, 1.82) is 0 Å². The molecule has 6 heteroatoms. The smallest absolute Gasteiger partial charge is 0.264 e. The summed E-state index contributed by atoms with van der Waals surface area (Å²) in [5, 5.41) is 1.59. The number of carbonyl (C=O) groups is 1. The quantitative estimate of drug-likeness (QED) is 0.780. The Bertz CT molecular complexity index is 651. The largest absolute Gasteiger partial charge is 0.344 e. The number of rotatable bonds is 1. The Morgan fingerprint density at radius 3 is 2.56 bits per heavy atom. The molecule has 0 aliphatic carbocycles. The van der Waals surface area contributed by atoms with Crippen LogP contribution in [0, 0.1) is 13.8 Å². The molecule has 1 amide bonds. The summed E-state index contributed by atoms with van der Waals surface area (Å²) in [6.07, 6.45) is 0. The van der Waals surface area contributed by atoms with Crippen molar-refractivity contribution in [3.8, 4) is 0 Å². The minimum Gasteiger partial charge on any atom is -0.344 e. The summed E-state index contributed by atoms with van der Waals surface area (Å²) in [5.41, 5.74) is 1.75. The van der Waals surface area contributed by atoms with Crippen LogP contribution in [0.25, 0.3) is 10.2 Å². The fourth-order valence-electron chi connectivity index (χ4n) is 1.73. The first-order chi connectivity index (χ1) is 8.34. The van der Waals surface area contributed by atoms with E-state index in [-0.39, 0.29) is 5.91 Å². The average molecular weight is 348 g/mol. The fraction of sp³-hybridized carbons (Fsp3) is 0.333. The summed E-state index contributed by atoms with van der Waals surface area (Å²) >= 11 is 11.1. The third-order valence-corrected chi connectivity index (χ3v) is 5.41. The number of nitrogens with zero attached hydrogens (tertiary/aromatic N) is 2. The van der Waals surface area contributed by atoms with Crippen molar-refractivity contribution >= 4 is 55.0 Å². The molecule has 96 valence electrons. The molecule has 0 spiro atoms. The lowest BCUT2D eigenvalue weighted by atomic mass is 10.2. The Hall–Kier alpha value is -0.650. The number of pyridine rings is 1. The van der Waals surface area contributed by atoms with E-state index in [1.54, 1.807) is 19.0 Å². The minimum atomic E-state index is -0.0296. The van der Waals surface area contributed by atoms with Gasteiger partial charge in [-0.2, -0.15) is 0 Å². The highest BCUT2D eigenvalue weighted by Gasteiger charge is 2.21. The lowest BCUT2D eigenvalue weighted by Crippen LogP contribution is -2.20. The maximum Gasteiger partial charge on any atom is 0.264 e. The molecule has 18 heavy (non-hydrogen) atoms. The molecule has 0 saturated carbocycles. The summed E-state index contributed by atoms with van der Waals surface area (Å²) in [4.78, 5) is 19.6. The number of aromatic nitrogens is 1. The van der Waals surface area contributed by atoms with Crippen LogP contribution in [0.1, 0.15) is 20.9 Å². The molecule has 0 bridgehead atoms. The van der Waals surface area contributed by atoms with E-state index in [2.05, 4.69) is 20.9 Å². The Kier molecular flexibility index (Phi) is 3.67. The third kappa shape index (κ3) is 2.04. The Morgan fingerprint density at radius 2 is 2.00 bits per heavy atom. The maximum absolute atomic E-state index is 12.1. The van der Waals surface area contributed by atoms with Crippen molar-refractivity contribution in [3.05, 3.63) is 25.6 Å². The van der Waals surface area contributed by atoms with Gasteiger partial charge in [0.1, 0.15) is 9.71 Å². The monoisotopic (exact) mass is 346 g/mol. The summed E-state index contributed by atoms with van der Waals surface area (Å²) < 4.78 is 0.785. The lowest BCUT2D eigenvalue weighted by molar-refractivity contribution is 0.0831. The molecule has 0 atom stereocenters. The zero-order chi connectivity index (χ0) is 13.6. The van der Waals surface area contributed by atoms with Crippen LogP contribution in [0.15, 0.2) is 4.47 Å². The second kappa shape index (κ2) is 4.79. The van der Waals surface area contributed by atoms with E-state index in [9.17, 15) is 4.79 Å². The molecule has 2 heterocycles. The highest BCUT2D eigenvalue weighted by Crippen LogP contribution is 2.39. The first kappa shape index (κ1) is 13.8. The van der Waals surface area contributed by atoms with Gasteiger partial charge in [0, 0.05) is 19.5 Å². The number of hydrogen-bond donors (Lipinski definition) is 0. The standard InChI is InChI=1S/C12H12BrClN2OS/c1-5-7-8(13)10(12(17)16(3)4)18-11(7)15-6(2)9(5)14/h1-4H3. The van der Waals surface area contributed by atoms with E-state index in [0.717, 1.165) is 25.9 Å².